The third-order valence-corrected chi connectivity index (χ3v) is 3.37. The van der Waals surface area contributed by atoms with Crippen LogP contribution in [0.15, 0.2) is 0 Å². The molecule has 2 fully saturated rings. The highest BCUT2D eigenvalue weighted by atomic mass is 16.5. The maximum atomic E-state index is 11.4. The second-order valence-electron chi connectivity index (χ2n) is 4.58. The number of likely N-dealkylation sites (N-methyl/N-ethyl adjacent to an activating group) is 1. The number of hydrogen-bond donors (Lipinski definition) is 3. The molecule has 1 amide bonds. The van der Waals surface area contributed by atoms with E-state index in [9.17, 15) is 4.79 Å². The predicted molar refractivity (Wildman–Crippen MR) is 61.2 cm³/mol. The lowest BCUT2D eigenvalue weighted by molar-refractivity contribution is -0.122. The van der Waals surface area contributed by atoms with Gasteiger partial charge in [-0.2, -0.15) is 0 Å². The van der Waals surface area contributed by atoms with Crippen molar-refractivity contribution < 1.29 is 9.53 Å². The van der Waals surface area contributed by atoms with E-state index in [2.05, 4.69) is 16.0 Å². The minimum atomic E-state index is 0.0158. The first-order chi connectivity index (χ1) is 7.79. The molecule has 0 saturated carbocycles. The second-order valence-corrected chi connectivity index (χ2v) is 4.58. The number of hydrogen-bond acceptors (Lipinski definition) is 4. The molecule has 0 aromatic carbocycles. The van der Waals surface area contributed by atoms with Crippen LogP contribution in [0.2, 0.25) is 0 Å². The largest absolute Gasteiger partial charge is 0.378 e. The molecule has 2 aliphatic rings. The van der Waals surface area contributed by atoms with E-state index in [4.69, 9.17) is 4.74 Å². The Hall–Kier alpha value is -0.650. The van der Waals surface area contributed by atoms with Crippen molar-refractivity contribution in [2.45, 2.75) is 37.4 Å². The van der Waals surface area contributed by atoms with Gasteiger partial charge in [-0.1, -0.05) is 0 Å². The van der Waals surface area contributed by atoms with Gasteiger partial charge in [0.1, 0.15) is 0 Å². The minimum Gasteiger partial charge on any atom is -0.378 e. The van der Waals surface area contributed by atoms with Gasteiger partial charge in [0, 0.05) is 13.1 Å². The average Bonchev–Trinajstić information content (AvgIpc) is 2.69. The van der Waals surface area contributed by atoms with E-state index < -0.39 is 0 Å². The van der Waals surface area contributed by atoms with Gasteiger partial charge in [-0.25, -0.2) is 0 Å². The molecule has 0 bridgehead atoms. The SMILES string of the molecule is CNC(=O)C1CCC(CCNC2COC2)N1. The number of nitrogens with one attached hydrogen (secondary N) is 3. The number of rotatable bonds is 5. The molecule has 5 heteroatoms. The van der Waals surface area contributed by atoms with Crippen LogP contribution in [-0.2, 0) is 9.53 Å². The van der Waals surface area contributed by atoms with Crippen molar-refractivity contribution in [3.8, 4) is 0 Å². The molecule has 0 aromatic rings. The number of amides is 1. The molecule has 92 valence electrons. The first-order valence-electron chi connectivity index (χ1n) is 6.08. The summed E-state index contributed by atoms with van der Waals surface area (Å²) in [4.78, 5) is 11.4. The van der Waals surface area contributed by atoms with E-state index in [1.165, 1.54) is 0 Å². The maximum absolute atomic E-state index is 11.4. The Morgan fingerprint density at radius 3 is 2.88 bits per heavy atom. The molecule has 2 aliphatic heterocycles. The quantitative estimate of drug-likeness (QED) is 0.577. The number of ether oxygens (including phenoxy) is 1. The molecule has 16 heavy (non-hydrogen) atoms. The summed E-state index contributed by atoms with van der Waals surface area (Å²) in [6.07, 6.45) is 3.14. The molecule has 0 spiro atoms. The van der Waals surface area contributed by atoms with Crippen molar-refractivity contribution in [1.29, 1.82) is 0 Å². The first kappa shape index (κ1) is 11.8. The monoisotopic (exact) mass is 227 g/mol. The second kappa shape index (κ2) is 5.61. The van der Waals surface area contributed by atoms with Gasteiger partial charge >= 0.3 is 0 Å². The summed E-state index contributed by atoms with van der Waals surface area (Å²) in [5.41, 5.74) is 0. The van der Waals surface area contributed by atoms with Crippen LogP contribution in [0.3, 0.4) is 0 Å². The maximum Gasteiger partial charge on any atom is 0.236 e. The van der Waals surface area contributed by atoms with Crippen LogP contribution >= 0.6 is 0 Å². The number of carbonyl (C=O) groups excluding carboxylic acids is 1. The van der Waals surface area contributed by atoms with Crippen LogP contribution in [0.5, 0.6) is 0 Å². The molecule has 2 saturated heterocycles. The Morgan fingerprint density at radius 2 is 2.25 bits per heavy atom. The van der Waals surface area contributed by atoms with Crippen molar-refractivity contribution in [2.24, 2.45) is 0 Å². The summed E-state index contributed by atoms with van der Waals surface area (Å²) in [6, 6.07) is 1.05. The Bertz CT molecular complexity index is 243. The van der Waals surface area contributed by atoms with E-state index in [-0.39, 0.29) is 11.9 Å². The zero-order valence-electron chi connectivity index (χ0n) is 9.79. The molecular weight excluding hydrogens is 206 g/mol. The Morgan fingerprint density at radius 1 is 1.44 bits per heavy atom. The molecule has 2 rings (SSSR count). The molecule has 5 nitrogen and oxygen atoms in total. The third-order valence-electron chi connectivity index (χ3n) is 3.37. The minimum absolute atomic E-state index is 0.0158. The standard InChI is InChI=1S/C11H21N3O2/c1-12-11(15)10-3-2-8(14-10)4-5-13-9-6-16-7-9/h8-10,13-14H,2-7H2,1H3,(H,12,15). The normalized spacial score (nSPS) is 30.1. The van der Waals surface area contributed by atoms with E-state index in [1.807, 2.05) is 0 Å². The fourth-order valence-corrected chi connectivity index (χ4v) is 2.24. The van der Waals surface area contributed by atoms with Gasteiger partial charge in [0.15, 0.2) is 0 Å². The van der Waals surface area contributed by atoms with Crippen molar-refractivity contribution >= 4 is 5.91 Å². The van der Waals surface area contributed by atoms with E-state index in [0.29, 0.717) is 12.1 Å². The molecule has 0 radical (unpaired) electrons. The van der Waals surface area contributed by atoms with Crippen LogP contribution in [0.1, 0.15) is 19.3 Å². The first-order valence-corrected chi connectivity index (χ1v) is 6.08. The van der Waals surface area contributed by atoms with Crippen LogP contribution in [-0.4, -0.2) is 50.8 Å². The molecule has 3 N–H and O–H groups in total. The van der Waals surface area contributed by atoms with E-state index >= 15 is 0 Å². The zero-order chi connectivity index (χ0) is 11.4. The highest BCUT2D eigenvalue weighted by Crippen LogP contribution is 2.14. The summed E-state index contributed by atoms with van der Waals surface area (Å²) < 4.78 is 5.09. The Kier molecular flexibility index (Phi) is 4.15. The van der Waals surface area contributed by atoms with Gasteiger partial charge < -0.3 is 20.7 Å². The Balaban J connectivity index is 1.58. The van der Waals surface area contributed by atoms with Gasteiger partial charge in [-0.15, -0.1) is 0 Å². The van der Waals surface area contributed by atoms with Gasteiger partial charge in [0.2, 0.25) is 5.91 Å². The van der Waals surface area contributed by atoms with Gasteiger partial charge in [0.05, 0.1) is 25.3 Å². The van der Waals surface area contributed by atoms with Crippen LogP contribution in [0.4, 0.5) is 0 Å². The molecular formula is C11H21N3O2. The van der Waals surface area contributed by atoms with Crippen molar-refractivity contribution in [3.63, 3.8) is 0 Å². The molecule has 2 heterocycles. The highest BCUT2D eigenvalue weighted by molar-refractivity contribution is 5.81. The third kappa shape index (κ3) is 2.93. The summed E-state index contributed by atoms with van der Waals surface area (Å²) in [6.45, 7) is 2.70. The summed E-state index contributed by atoms with van der Waals surface area (Å²) in [5.74, 6) is 0.114. The molecule has 0 aromatic heterocycles. The topological polar surface area (TPSA) is 62.4 Å². The zero-order valence-corrected chi connectivity index (χ0v) is 9.79. The highest BCUT2D eigenvalue weighted by Gasteiger charge is 2.28. The van der Waals surface area contributed by atoms with Crippen LogP contribution < -0.4 is 16.0 Å². The van der Waals surface area contributed by atoms with Crippen LogP contribution in [0, 0.1) is 0 Å². The fourth-order valence-electron chi connectivity index (χ4n) is 2.24. The van der Waals surface area contributed by atoms with E-state index in [0.717, 1.165) is 39.0 Å². The van der Waals surface area contributed by atoms with Crippen molar-refractivity contribution in [2.75, 3.05) is 26.8 Å². The molecule has 2 atom stereocenters. The smallest absolute Gasteiger partial charge is 0.236 e. The van der Waals surface area contributed by atoms with Gasteiger partial charge in [-0.05, 0) is 25.8 Å². The van der Waals surface area contributed by atoms with Gasteiger partial charge in [-0.3, -0.25) is 4.79 Å². The van der Waals surface area contributed by atoms with Crippen molar-refractivity contribution in [3.05, 3.63) is 0 Å². The van der Waals surface area contributed by atoms with Crippen LogP contribution in [0.25, 0.3) is 0 Å². The molecule has 0 aliphatic carbocycles. The summed E-state index contributed by atoms with van der Waals surface area (Å²) in [5, 5.41) is 9.49. The average molecular weight is 227 g/mol. The lowest BCUT2D eigenvalue weighted by atomic mass is 10.1. The lowest BCUT2D eigenvalue weighted by Gasteiger charge is -2.27. The van der Waals surface area contributed by atoms with Gasteiger partial charge in [0.25, 0.3) is 0 Å². The fraction of sp³-hybridized carbons (Fsp3) is 0.909. The summed E-state index contributed by atoms with van der Waals surface area (Å²) >= 11 is 0. The predicted octanol–water partition coefficient (Wildman–Crippen LogP) is -0.768. The Labute approximate surface area is 96.3 Å². The lowest BCUT2D eigenvalue weighted by Crippen LogP contribution is -2.47. The number of carbonyl (C=O) groups is 1. The molecule has 2 unspecified atom stereocenters. The summed E-state index contributed by atoms with van der Waals surface area (Å²) in [7, 11) is 1.69. The van der Waals surface area contributed by atoms with Crippen molar-refractivity contribution in [1.82, 2.24) is 16.0 Å². The van der Waals surface area contributed by atoms with E-state index in [1.54, 1.807) is 7.05 Å².